The molecular weight excluding hydrogens is 296 g/mol. The van der Waals surface area contributed by atoms with Gasteiger partial charge in [-0.05, 0) is 31.0 Å². The lowest BCUT2D eigenvalue weighted by Crippen LogP contribution is -2.32. The number of fused-ring (bicyclic) bond motifs is 1. The van der Waals surface area contributed by atoms with Gasteiger partial charge in [-0.15, -0.1) is 0 Å². The van der Waals surface area contributed by atoms with Crippen LogP contribution in [-0.4, -0.2) is 40.2 Å². The molecule has 2 heterocycles. The number of hydrogen-bond acceptors (Lipinski definition) is 5. The highest BCUT2D eigenvalue weighted by Crippen LogP contribution is 2.30. The zero-order valence-electron chi connectivity index (χ0n) is 11.3. The van der Waals surface area contributed by atoms with E-state index in [2.05, 4.69) is 10.0 Å². The van der Waals surface area contributed by atoms with Crippen LogP contribution >= 0.6 is 0 Å². The van der Waals surface area contributed by atoms with Crippen LogP contribution in [0.2, 0.25) is 0 Å². The molecule has 21 heavy (non-hydrogen) atoms. The molecule has 0 aliphatic carbocycles. The monoisotopic (exact) mass is 312 g/mol. The van der Waals surface area contributed by atoms with Gasteiger partial charge in [0.1, 0.15) is 5.75 Å². The Morgan fingerprint density at radius 2 is 2.24 bits per heavy atom. The molecular formula is C13H16N2O5S. The third-order valence-electron chi connectivity index (χ3n) is 3.42. The second kappa shape index (κ2) is 5.63. The number of carbonyl (C=O) groups excluding carboxylic acids is 1. The average Bonchev–Trinajstić information content (AvgIpc) is 2.98. The number of benzene rings is 1. The molecule has 7 nitrogen and oxygen atoms in total. The SMILES string of the molecule is O=C1COc2ccc(S(=O)(=O)NC[C@@H]3CCCO3)cc2N1. The van der Waals surface area contributed by atoms with Gasteiger partial charge in [0.2, 0.25) is 10.0 Å². The van der Waals surface area contributed by atoms with Gasteiger partial charge in [-0.2, -0.15) is 0 Å². The van der Waals surface area contributed by atoms with E-state index in [0.29, 0.717) is 18.0 Å². The van der Waals surface area contributed by atoms with Crippen LogP contribution in [0.4, 0.5) is 5.69 Å². The molecule has 0 bridgehead atoms. The van der Waals surface area contributed by atoms with Crippen LogP contribution in [0.1, 0.15) is 12.8 Å². The molecule has 1 saturated heterocycles. The van der Waals surface area contributed by atoms with Gasteiger partial charge in [0.25, 0.3) is 5.91 Å². The maximum atomic E-state index is 12.2. The number of carbonyl (C=O) groups is 1. The van der Waals surface area contributed by atoms with Gasteiger partial charge in [0.15, 0.2) is 6.61 Å². The summed E-state index contributed by atoms with van der Waals surface area (Å²) in [5, 5.41) is 2.59. The van der Waals surface area contributed by atoms with E-state index >= 15 is 0 Å². The molecule has 2 N–H and O–H groups in total. The number of hydrogen-bond donors (Lipinski definition) is 2. The van der Waals surface area contributed by atoms with Crippen LogP contribution in [0.25, 0.3) is 0 Å². The Bertz CT molecular complexity index is 653. The van der Waals surface area contributed by atoms with Gasteiger partial charge in [-0.3, -0.25) is 4.79 Å². The fraction of sp³-hybridized carbons (Fsp3) is 0.462. The first-order valence-electron chi connectivity index (χ1n) is 6.72. The fourth-order valence-electron chi connectivity index (χ4n) is 2.32. The van der Waals surface area contributed by atoms with Crippen LogP contribution in [0.15, 0.2) is 23.1 Å². The Morgan fingerprint density at radius 3 is 3.00 bits per heavy atom. The summed E-state index contributed by atoms with van der Waals surface area (Å²) in [7, 11) is -3.64. The molecule has 1 atom stereocenters. The average molecular weight is 312 g/mol. The lowest BCUT2D eigenvalue weighted by atomic mass is 10.2. The quantitative estimate of drug-likeness (QED) is 0.843. The maximum Gasteiger partial charge on any atom is 0.262 e. The molecule has 2 aliphatic heterocycles. The second-order valence-electron chi connectivity index (χ2n) is 4.98. The highest BCUT2D eigenvalue weighted by atomic mass is 32.2. The van der Waals surface area contributed by atoms with E-state index in [0.717, 1.165) is 12.8 Å². The highest BCUT2D eigenvalue weighted by Gasteiger charge is 2.23. The number of anilines is 1. The predicted molar refractivity (Wildman–Crippen MR) is 74.7 cm³/mol. The van der Waals surface area contributed by atoms with E-state index in [-0.39, 0.29) is 30.1 Å². The van der Waals surface area contributed by atoms with Gasteiger partial charge < -0.3 is 14.8 Å². The van der Waals surface area contributed by atoms with Crippen molar-refractivity contribution in [1.29, 1.82) is 0 Å². The molecule has 1 aromatic carbocycles. The first-order chi connectivity index (χ1) is 10.0. The molecule has 2 aliphatic rings. The number of sulfonamides is 1. The summed E-state index contributed by atoms with van der Waals surface area (Å²) in [6.07, 6.45) is 1.74. The summed E-state index contributed by atoms with van der Waals surface area (Å²) in [4.78, 5) is 11.4. The van der Waals surface area contributed by atoms with E-state index in [1.54, 1.807) is 0 Å². The smallest absolute Gasteiger partial charge is 0.262 e. The number of nitrogens with one attached hydrogen (secondary N) is 2. The lowest BCUT2D eigenvalue weighted by molar-refractivity contribution is -0.118. The molecule has 0 aromatic heterocycles. The van der Waals surface area contributed by atoms with Crippen molar-refractivity contribution >= 4 is 21.6 Å². The van der Waals surface area contributed by atoms with Crippen molar-refractivity contribution in [3.63, 3.8) is 0 Å². The van der Waals surface area contributed by atoms with Gasteiger partial charge in [0, 0.05) is 13.2 Å². The summed E-state index contributed by atoms with van der Waals surface area (Å²) in [5.74, 6) is 0.164. The summed E-state index contributed by atoms with van der Waals surface area (Å²) in [5.41, 5.74) is 0.367. The van der Waals surface area contributed by atoms with Crippen molar-refractivity contribution in [3.05, 3.63) is 18.2 Å². The van der Waals surface area contributed by atoms with Crippen molar-refractivity contribution in [2.75, 3.05) is 25.1 Å². The predicted octanol–water partition coefficient (Wildman–Crippen LogP) is 0.475. The minimum atomic E-state index is -3.64. The largest absolute Gasteiger partial charge is 0.482 e. The van der Waals surface area contributed by atoms with E-state index in [1.165, 1.54) is 18.2 Å². The van der Waals surface area contributed by atoms with Crippen molar-refractivity contribution < 1.29 is 22.7 Å². The molecule has 0 spiro atoms. The standard InChI is InChI=1S/C13H16N2O5S/c16-13-8-20-12-4-3-10(6-11(12)15-13)21(17,18)14-7-9-2-1-5-19-9/h3-4,6,9,14H,1-2,5,7-8H2,(H,15,16)/t9-/m0/s1. The minimum Gasteiger partial charge on any atom is -0.482 e. The topological polar surface area (TPSA) is 93.7 Å². The highest BCUT2D eigenvalue weighted by molar-refractivity contribution is 7.89. The Morgan fingerprint density at radius 1 is 1.38 bits per heavy atom. The van der Waals surface area contributed by atoms with E-state index in [1.807, 2.05) is 0 Å². The van der Waals surface area contributed by atoms with Crippen LogP contribution in [-0.2, 0) is 19.6 Å². The van der Waals surface area contributed by atoms with Crippen LogP contribution in [0.5, 0.6) is 5.75 Å². The van der Waals surface area contributed by atoms with Gasteiger partial charge in [-0.25, -0.2) is 13.1 Å². The fourth-order valence-corrected chi connectivity index (χ4v) is 3.41. The van der Waals surface area contributed by atoms with Crippen molar-refractivity contribution in [1.82, 2.24) is 4.72 Å². The first-order valence-corrected chi connectivity index (χ1v) is 8.21. The van der Waals surface area contributed by atoms with Crippen LogP contribution in [0, 0.1) is 0 Å². The molecule has 0 unspecified atom stereocenters. The molecule has 1 aromatic rings. The van der Waals surface area contributed by atoms with E-state index in [9.17, 15) is 13.2 Å². The third kappa shape index (κ3) is 3.17. The Hall–Kier alpha value is -1.64. The Labute approximate surface area is 122 Å². The molecule has 1 fully saturated rings. The lowest BCUT2D eigenvalue weighted by Gasteiger charge is -2.19. The summed E-state index contributed by atoms with van der Waals surface area (Å²) in [6, 6.07) is 4.38. The first kappa shape index (κ1) is 14.3. The summed E-state index contributed by atoms with van der Waals surface area (Å²) < 4.78 is 37.6. The number of rotatable bonds is 4. The van der Waals surface area contributed by atoms with Crippen molar-refractivity contribution in [2.24, 2.45) is 0 Å². The number of ether oxygens (including phenoxy) is 2. The molecule has 0 saturated carbocycles. The van der Waals surface area contributed by atoms with Gasteiger partial charge in [-0.1, -0.05) is 0 Å². The van der Waals surface area contributed by atoms with Crippen LogP contribution < -0.4 is 14.8 Å². The van der Waals surface area contributed by atoms with E-state index in [4.69, 9.17) is 9.47 Å². The third-order valence-corrected chi connectivity index (χ3v) is 4.84. The zero-order chi connectivity index (χ0) is 14.9. The van der Waals surface area contributed by atoms with Crippen molar-refractivity contribution in [2.45, 2.75) is 23.8 Å². The molecule has 1 amide bonds. The minimum absolute atomic E-state index is 0.0592. The number of amides is 1. The molecule has 114 valence electrons. The molecule has 3 rings (SSSR count). The zero-order valence-corrected chi connectivity index (χ0v) is 12.1. The maximum absolute atomic E-state index is 12.2. The van der Waals surface area contributed by atoms with Gasteiger partial charge >= 0.3 is 0 Å². The molecule has 0 radical (unpaired) electrons. The summed E-state index contributed by atoms with van der Waals surface area (Å²) >= 11 is 0. The molecule has 8 heteroatoms. The summed E-state index contributed by atoms with van der Waals surface area (Å²) in [6.45, 7) is 0.868. The second-order valence-corrected chi connectivity index (χ2v) is 6.75. The van der Waals surface area contributed by atoms with Crippen molar-refractivity contribution in [3.8, 4) is 5.75 Å². The van der Waals surface area contributed by atoms with Crippen LogP contribution in [0.3, 0.4) is 0 Å². The van der Waals surface area contributed by atoms with E-state index < -0.39 is 10.0 Å². The normalized spacial score (nSPS) is 21.5. The Kier molecular flexibility index (Phi) is 3.83. The van der Waals surface area contributed by atoms with Gasteiger partial charge in [0.05, 0.1) is 16.7 Å². The Balaban J connectivity index is 1.75.